The molecule has 2 aromatic rings. The van der Waals surface area contributed by atoms with Gasteiger partial charge in [-0.2, -0.15) is 0 Å². The first-order valence-electron chi connectivity index (χ1n) is 10.1. The molecule has 3 N–H and O–H groups in total. The van der Waals surface area contributed by atoms with Crippen molar-refractivity contribution in [1.29, 1.82) is 0 Å². The van der Waals surface area contributed by atoms with E-state index in [0.29, 0.717) is 36.8 Å². The summed E-state index contributed by atoms with van der Waals surface area (Å²) < 4.78 is 38.1. The Morgan fingerprint density at radius 1 is 1.06 bits per heavy atom. The molecule has 0 aliphatic rings. The second kappa shape index (κ2) is 11.4. The van der Waals surface area contributed by atoms with Crippen LogP contribution in [0.1, 0.15) is 38.1 Å². The Hall–Kier alpha value is -2.53. The number of benzene rings is 2. The van der Waals surface area contributed by atoms with E-state index in [1.54, 1.807) is 57.2 Å². The number of nitrogens with one attached hydrogen (secondary N) is 3. The van der Waals surface area contributed by atoms with Crippen LogP contribution in [0.4, 0.5) is 5.69 Å². The van der Waals surface area contributed by atoms with Gasteiger partial charge in [0.25, 0.3) is 5.91 Å². The van der Waals surface area contributed by atoms with Gasteiger partial charge in [-0.05, 0) is 82.4 Å². The van der Waals surface area contributed by atoms with Gasteiger partial charge in [0.15, 0.2) is 5.11 Å². The van der Waals surface area contributed by atoms with Crippen LogP contribution in [0.5, 0.6) is 5.75 Å². The molecule has 8 nitrogen and oxygen atoms in total. The molecule has 2 rings (SSSR count). The highest BCUT2D eigenvalue weighted by Crippen LogP contribution is 2.17. The van der Waals surface area contributed by atoms with E-state index in [2.05, 4.69) is 15.4 Å². The molecule has 0 unspecified atom stereocenters. The van der Waals surface area contributed by atoms with Crippen LogP contribution in [0, 0.1) is 0 Å². The molecule has 1 amide bonds. The minimum atomic E-state index is -3.63. The first-order chi connectivity index (χ1) is 15.0. The summed E-state index contributed by atoms with van der Waals surface area (Å²) in [7, 11) is -3.63. The number of sulfonamides is 1. The first kappa shape index (κ1) is 25.7. The van der Waals surface area contributed by atoms with Gasteiger partial charge in [0, 0.05) is 23.4 Å². The van der Waals surface area contributed by atoms with Gasteiger partial charge in [-0.3, -0.25) is 10.1 Å². The smallest absolute Gasteiger partial charge is 0.257 e. The van der Waals surface area contributed by atoms with Gasteiger partial charge in [0.1, 0.15) is 12.4 Å². The number of hydrogen-bond donors (Lipinski definition) is 3. The van der Waals surface area contributed by atoms with Crippen molar-refractivity contribution in [2.24, 2.45) is 0 Å². The number of hydrogen-bond acceptors (Lipinski definition) is 6. The van der Waals surface area contributed by atoms with E-state index >= 15 is 0 Å². The van der Waals surface area contributed by atoms with Crippen molar-refractivity contribution in [2.75, 3.05) is 25.1 Å². The van der Waals surface area contributed by atoms with Crippen molar-refractivity contribution in [1.82, 2.24) is 10.0 Å². The zero-order chi connectivity index (χ0) is 23.8. The molecular weight excluding hydrogens is 450 g/mol. The number of amides is 1. The van der Waals surface area contributed by atoms with Crippen LogP contribution in [0.15, 0.2) is 53.4 Å². The Morgan fingerprint density at radius 3 is 2.38 bits per heavy atom. The Labute approximate surface area is 194 Å². The number of ether oxygens (including phenoxy) is 2. The molecule has 2 aromatic carbocycles. The van der Waals surface area contributed by atoms with Crippen molar-refractivity contribution in [3.8, 4) is 5.75 Å². The van der Waals surface area contributed by atoms with E-state index in [1.807, 2.05) is 6.92 Å². The van der Waals surface area contributed by atoms with Gasteiger partial charge in [-0.15, -0.1) is 0 Å². The van der Waals surface area contributed by atoms with Crippen molar-refractivity contribution in [3.05, 3.63) is 54.1 Å². The summed E-state index contributed by atoms with van der Waals surface area (Å²) in [6.45, 7) is 8.67. The zero-order valence-electron chi connectivity index (χ0n) is 18.6. The first-order valence-corrected chi connectivity index (χ1v) is 12.0. The van der Waals surface area contributed by atoms with Gasteiger partial charge in [0.05, 0.1) is 11.5 Å². The Morgan fingerprint density at radius 2 is 1.75 bits per heavy atom. The fraction of sp³-hybridized carbons (Fsp3) is 0.364. The molecule has 0 heterocycles. The maximum absolute atomic E-state index is 12.5. The molecule has 0 aromatic heterocycles. The third-order valence-electron chi connectivity index (χ3n) is 3.89. The lowest BCUT2D eigenvalue weighted by Gasteiger charge is -2.20. The van der Waals surface area contributed by atoms with Crippen LogP contribution in [-0.4, -0.2) is 44.8 Å². The van der Waals surface area contributed by atoms with Crippen LogP contribution >= 0.6 is 12.2 Å². The summed E-state index contributed by atoms with van der Waals surface area (Å²) in [6, 6.07) is 12.8. The van der Waals surface area contributed by atoms with Crippen LogP contribution in [0.3, 0.4) is 0 Å². The van der Waals surface area contributed by atoms with Gasteiger partial charge in [-0.25, -0.2) is 13.1 Å². The van der Waals surface area contributed by atoms with Crippen molar-refractivity contribution >= 4 is 38.9 Å². The quantitative estimate of drug-likeness (QED) is 0.374. The fourth-order valence-corrected chi connectivity index (χ4v) is 4.24. The van der Waals surface area contributed by atoms with E-state index in [-0.39, 0.29) is 10.0 Å². The minimum Gasteiger partial charge on any atom is -0.491 e. The second-order valence-corrected chi connectivity index (χ2v) is 9.95. The van der Waals surface area contributed by atoms with E-state index in [0.717, 1.165) is 0 Å². The SMILES string of the molecule is CCOCCOc1cccc(C(=O)NC(=S)Nc2ccc(S(=O)(=O)NC(C)(C)C)cc2)c1. The van der Waals surface area contributed by atoms with E-state index in [1.165, 1.54) is 12.1 Å². The molecule has 32 heavy (non-hydrogen) atoms. The molecule has 0 bridgehead atoms. The largest absolute Gasteiger partial charge is 0.491 e. The maximum atomic E-state index is 12.5. The number of rotatable bonds is 9. The van der Waals surface area contributed by atoms with Crippen molar-refractivity contribution in [3.63, 3.8) is 0 Å². The molecule has 0 saturated heterocycles. The van der Waals surface area contributed by atoms with E-state index in [4.69, 9.17) is 21.7 Å². The normalized spacial score (nSPS) is 11.6. The molecule has 174 valence electrons. The van der Waals surface area contributed by atoms with Crippen LogP contribution in [0.2, 0.25) is 0 Å². The topological polar surface area (TPSA) is 106 Å². The van der Waals surface area contributed by atoms with Gasteiger partial charge < -0.3 is 14.8 Å². The van der Waals surface area contributed by atoms with Crippen LogP contribution < -0.4 is 20.1 Å². The predicted molar refractivity (Wildman–Crippen MR) is 129 cm³/mol. The molecule has 0 atom stereocenters. The average molecular weight is 480 g/mol. The number of carbonyl (C=O) groups excluding carboxylic acids is 1. The summed E-state index contributed by atoms with van der Waals surface area (Å²) in [4.78, 5) is 12.6. The van der Waals surface area contributed by atoms with E-state index in [9.17, 15) is 13.2 Å². The lowest BCUT2D eigenvalue weighted by atomic mass is 10.1. The van der Waals surface area contributed by atoms with Crippen LogP contribution in [0.25, 0.3) is 0 Å². The zero-order valence-corrected chi connectivity index (χ0v) is 20.2. The average Bonchev–Trinajstić information content (AvgIpc) is 2.70. The molecule has 0 aliphatic heterocycles. The molecule has 0 aliphatic carbocycles. The second-order valence-electron chi connectivity index (χ2n) is 7.86. The number of carbonyl (C=O) groups is 1. The summed E-state index contributed by atoms with van der Waals surface area (Å²) in [5.74, 6) is 0.156. The summed E-state index contributed by atoms with van der Waals surface area (Å²) in [5.41, 5.74) is 0.337. The molecule has 0 spiro atoms. The number of anilines is 1. The fourth-order valence-electron chi connectivity index (χ4n) is 2.61. The molecule has 0 radical (unpaired) electrons. The lowest BCUT2D eigenvalue weighted by molar-refractivity contribution is 0.0976. The van der Waals surface area contributed by atoms with Crippen molar-refractivity contribution < 1.29 is 22.7 Å². The molecule has 10 heteroatoms. The van der Waals surface area contributed by atoms with Crippen LogP contribution in [-0.2, 0) is 14.8 Å². The predicted octanol–water partition coefficient (Wildman–Crippen LogP) is 3.31. The Balaban J connectivity index is 1.94. The third kappa shape index (κ3) is 8.54. The summed E-state index contributed by atoms with van der Waals surface area (Å²) in [5, 5.41) is 5.55. The third-order valence-corrected chi connectivity index (χ3v) is 5.86. The Kier molecular flexibility index (Phi) is 9.14. The van der Waals surface area contributed by atoms with Gasteiger partial charge in [-0.1, -0.05) is 6.07 Å². The van der Waals surface area contributed by atoms with E-state index < -0.39 is 21.5 Å². The van der Waals surface area contributed by atoms with Crippen molar-refractivity contribution in [2.45, 2.75) is 38.1 Å². The van der Waals surface area contributed by atoms with Gasteiger partial charge in [0.2, 0.25) is 10.0 Å². The standard InChI is InChI=1S/C22H29N3O5S2/c1-5-29-13-14-30-18-8-6-7-16(15-18)20(26)24-21(31)23-17-9-11-19(12-10-17)32(27,28)25-22(2,3)4/h6-12,15,25H,5,13-14H2,1-4H3,(H2,23,24,26,31). The highest BCUT2D eigenvalue weighted by Gasteiger charge is 2.21. The summed E-state index contributed by atoms with van der Waals surface area (Å²) in [6.07, 6.45) is 0. The van der Waals surface area contributed by atoms with Gasteiger partial charge >= 0.3 is 0 Å². The lowest BCUT2D eigenvalue weighted by Crippen LogP contribution is -2.40. The Bertz CT molecular complexity index is 1030. The number of thiocarbonyl (C=S) groups is 1. The highest BCUT2D eigenvalue weighted by atomic mass is 32.2. The monoisotopic (exact) mass is 479 g/mol. The highest BCUT2D eigenvalue weighted by molar-refractivity contribution is 7.89. The maximum Gasteiger partial charge on any atom is 0.257 e. The minimum absolute atomic E-state index is 0.0843. The summed E-state index contributed by atoms with van der Waals surface area (Å²) >= 11 is 5.20. The molecule has 0 saturated carbocycles. The molecule has 0 fully saturated rings. The molecular formula is C22H29N3O5S2.